The molecule has 1 fully saturated rings. The minimum absolute atomic E-state index is 0.162. The van der Waals surface area contributed by atoms with Gasteiger partial charge in [-0.2, -0.15) is 0 Å². The number of nitrogens with zero attached hydrogens (tertiary/aromatic N) is 6. The van der Waals surface area contributed by atoms with Crippen molar-refractivity contribution in [3.8, 4) is 17.1 Å². The number of hydrogen-bond donors (Lipinski definition) is 1. The number of pyridine rings is 1. The minimum atomic E-state index is -0.374. The molecule has 1 N–H and O–H groups in total. The maximum atomic E-state index is 14.7. The second-order valence-electron chi connectivity index (χ2n) is 8.05. The van der Waals surface area contributed by atoms with Gasteiger partial charge in [0.1, 0.15) is 16.5 Å². The number of nitrogens with one attached hydrogen (secondary N) is 1. The summed E-state index contributed by atoms with van der Waals surface area (Å²) in [5.74, 6) is 0.445. The van der Waals surface area contributed by atoms with E-state index in [1.807, 2.05) is 6.07 Å². The molecule has 4 aromatic rings. The van der Waals surface area contributed by atoms with Gasteiger partial charge < -0.3 is 10.2 Å². The molecule has 1 aliphatic rings. The number of hydrogen-bond acceptors (Lipinski definition) is 8. The average Bonchev–Trinajstić information content (AvgIpc) is 3.65. The van der Waals surface area contributed by atoms with Crippen LogP contribution in [0.1, 0.15) is 28.3 Å². The van der Waals surface area contributed by atoms with Gasteiger partial charge in [-0.05, 0) is 50.2 Å². The Hall–Kier alpha value is -3.15. The maximum absolute atomic E-state index is 14.7. The van der Waals surface area contributed by atoms with Crippen LogP contribution in [0.5, 0.6) is 0 Å². The topological polar surface area (TPSA) is 88.8 Å². The lowest BCUT2D eigenvalue weighted by Crippen LogP contribution is -2.33. The van der Waals surface area contributed by atoms with Crippen LogP contribution in [0.25, 0.3) is 17.1 Å². The Balaban J connectivity index is 1.29. The van der Waals surface area contributed by atoms with E-state index in [0.29, 0.717) is 34.7 Å². The number of carbonyl (C=O) groups excluding carboxylic acids is 1. The number of thiazole rings is 1. The highest BCUT2D eigenvalue weighted by Gasteiger charge is 2.20. The molecular weight excluding hydrogens is 485 g/mol. The van der Waals surface area contributed by atoms with Crippen LogP contribution < -0.4 is 5.32 Å². The van der Waals surface area contributed by atoms with Gasteiger partial charge in [-0.1, -0.05) is 23.9 Å². The lowest BCUT2D eigenvalue weighted by atomic mass is 10.2. The zero-order valence-electron chi connectivity index (χ0n) is 18.9. The summed E-state index contributed by atoms with van der Waals surface area (Å²) in [4.78, 5) is 23.5. The van der Waals surface area contributed by atoms with E-state index < -0.39 is 0 Å². The van der Waals surface area contributed by atoms with E-state index in [0.717, 1.165) is 30.2 Å². The van der Waals surface area contributed by atoms with Crippen molar-refractivity contribution >= 4 is 29.0 Å². The van der Waals surface area contributed by atoms with Gasteiger partial charge in [0.15, 0.2) is 11.0 Å². The molecule has 4 heterocycles. The van der Waals surface area contributed by atoms with E-state index in [2.05, 4.69) is 30.4 Å². The second-order valence-corrected chi connectivity index (χ2v) is 9.94. The number of benzene rings is 1. The van der Waals surface area contributed by atoms with Gasteiger partial charge in [0.05, 0.1) is 11.4 Å². The third-order valence-corrected chi connectivity index (χ3v) is 7.64. The molecule has 0 unspecified atom stereocenters. The largest absolute Gasteiger partial charge is 0.349 e. The summed E-state index contributed by atoms with van der Waals surface area (Å²) >= 11 is 2.81. The maximum Gasteiger partial charge on any atom is 0.270 e. The molecule has 1 amide bonds. The first-order valence-corrected chi connectivity index (χ1v) is 13.2. The highest BCUT2D eigenvalue weighted by Crippen LogP contribution is 2.31. The fourth-order valence-corrected chi connectivity index (χ4v) is 5.66. The molecule has 8 nitrogen and oxygen atoms in total. The van der Waals surface area contributed by atoms with E-state index in [1.165, 1.54) is 42.0 Å². The van der Waals surface area contributed by atoms with Crippen molar-refractivity contribution < 1.29 is 9.18 Å². The number of halogens is 1. The Morgan fingerprint density at radius 1 is 1.14 bits per heavy atom. The number of aromatic nitrogens is 5. The van der Waals surface area contributed by atoms with Gasteiger partial charge in [0, 0.05) is 36.4 Å². The van der Waals surface area contributed by atoms with Crippen molar-refractivity contribution in [3.05, 3.63) is 70.7 Å². The Morgan fingerprint density at radius 2 is 2.00 bits per heavy atom. The summed E-state index contributed by atoms with van der Waals surface area (Å²) in [7, 11) is 0. The SMILES string of the molecule is O=C(NCCN1CCCC1)c1csc(CSc2nnc(-c3cccnc3)n2-c2ccccc2F)n1. The molecule has 5 rings (SSSR count). The molecule has 1 aromatic carbocycles. The number of carbonyl (C=O) groups is 1. The first-order valence-electron chi connectivity index (χ1n) is 11.4. The first kappa shape index (κ1) is 23.6. The van der Waals surface area contributed by atoms with Gasteiger partial charge >= 0.3 is 0 Å². The van der Waals surface area contributed by atoms with E-state index in [9.17, 15) is 9.18 Å². The van der Waals surface area contributed by atoms with Crippen LogP contribution in [0.2, 0.25) is 0 Å². The van der Waals surface area contributed by atoms with Crippen molar-refractivity contribution in [3.63, 3.8) is 0 Å². The monoisotopic (exact) mass is 509 g/mol. The van der Waals surface area contributed by atoms with Gasteiger partial charge in [-0.15, -0.1) is 21.5 Å². The van der Waals surface area contributed by atoms with E-state index >= 15 is 0 Å². The molecule has 0 spiro atoms. The summed E-state index contributed by atoms with van der Waals surface area (Å²) < 4.78 is 16.4. The predicted octanol–water partition coefficient (Wildman–Crippen LogP) is 4.04. The van der Waals surface area contributed by atoms with Crippen molar-refractivity contribution in [1.29, 1.82) is 0 Å². The minimum Gasteiger partial charge on any atom is -0.349 e. The molecule has 180 valence electrons. The zero-order chi connectivity index (χ0) is 24.0. The molecule has 11 heteroatoms. The second kappa shape index (κ2) is 11.1. The number of para-hydroxylation sites is 1. The number of likely N-dealkylation sites (tertiary alicyclic amines) is 1. The smallest absolute Gasteiger partial charge is 0.270 e. The van der Waals surface area contributed by atoms with Crippen LogP contribution in [0.15, 0.2) is 59.3 Å². The lowest BCUT2D eigenvalue weighted by Gasteiger charge is -2.14. The third kappa shape index (κ3) is 5.58. The van der Waals surface area contributed by atoms with Crippen LogP contribution in [-0.2, 0) is 5.75 Å². The molecule has 0 saturated carbocycles. The molecular formula is C24H24FN7OS2. The number of amides is 1. The summed E-state index contributed by atoms with van der Waals surface area (Å²) in [6.45, 7) is 3.69. The molecule has 0 bridgehead atoms. The van der Waals surface area contributed by atoms with Crippen molar-refractivity contribution in [1.82, 2.24) is 34.9 Å². The Bertz CT molecular complexity index is 1290. The summed E-state index contributed by atoms with van der Waals surface area (Å²) in [6.07, 6.45) is 5.81. The fourth-order valence-electron chi connectivity index (χ4n) is 3.93. The average molecular weight is 510 g/mol. The summed E-state index contributed by atoms with van der Waals surface area (Å²) in [5, 5.41) is 14.7. The standard InChI is InChI=1S/C24H24FN7OS2/c25-18-7-1-2-8-20(18)32-22(17-6-5-9-26-14-17)29-30-24(32)35-16-21-28-19(15-34-21)23(33)27-10-13-31-11-3-4-12-31/h1-2,5-9,14-15H,3-4,10-13,16H2,(H,27,33). The van der Waals surface area contributed by atoms with Crippen LogP contribution in [0.3, 0.4) is 0 Å². The molecule has 35 heavy (non-hydrogen) atoms. The van der Waals surface area contributed by atoms with Gasteiger partial charge in [-0.25, -0.2) is 9.37 Å². The van der Waals surface area contributed by atoms with E-state index in [4.69, 9.17) is 0 Å². The van der Waals surface area contributed by atoms with Gasteiger partial charge in [0.2, 0.25) is 0 Å². The molecule has 0 atom stereocenters. The first-order chi connectivity index (χ1) is 17.2. The highest BCUT2D eigenvalue weighted by atomic mass is 32.2. The normalized spacial score (nSPS) is 13.9. The quantitative estimate of drug-likeness (QED) is 0.341. The Labute approximate surface area is 210 Å². The Kier molecular flexibility index (Phi) is 7.45. The highest BCUT2D eigenvalue weighted by molar-refractivity contribution is 7.98. The van der Waals surface area contributed by atoms with Crippen LogP contribution in [0, 0.1) is 5.82 Å². The van der Waals surface area contributed by atoms with Crippen LogP contribution in [0.4, 0.5) is 4.39 Å². The lowest BCUT2D eigenvalue weighted by molar-refractivity contribution is 0.0945. The predicted molar refractivity (Wildman–Crippen MR) is 134 cm³/mol. The summed E-state index contributed by atoms with van der Waals surface area (Å²) in [6, 6.07) is 10.2. The third-order valence-electron chi connectivity index (χ3n) is 5.67. The van der Waals surface area contributed by atoms with Crippen molar-refractivity contribution in [2.75, 3.05) is 26.2 Å². The molecule has 0 aliphatic carbocycles. The fraction of sp³-hybridized carbons (Fsp3) is 0.292. The summed E-state index contributed by atoms with van der Waals surface area (Å²) in [5.41, 5.74) is 1.51. The molecule has 3 aromatic heterocycles. The van der Waals surface area contributed by atoms with E-state index in [-0.39, 0.29) is 11.7 Å². The van der Waals surface area contributed by atoms with Gasteiger partial charge in [-0.3, -0.25) is 14.3 Å². The Morgan fingerprint density at radius 3 is 2.80 bits per heavy atom. The number of rotatable bonds is 9. The molecule has 1 aliphatic heterocycles. The molecule has 0 radical (unpaired) electrons. The van der Waals surface area contributed by atoms with Gasteiger partial charge in [0.25, 0.3) is 5.91 Å². The zero-order valence-corrected chi connectivity index (χ0v) is 20.6. The number of thioether (sulfide) groups is 1. The molecule has 1 saturated heterocycles. The van der Waals surface area contributed by atoms with Crippen molar-refractivity contribution in [2.45, 2.75) is 23.8 Å². The van der Waals surface area contributed by atoms with Crippen LogP contribution in [-0.4, -0.2) is 61.7 Å². The van der Waals surface area contributed by atoms with E-state index in [1.54, 1.807) is 46.6 Å². The van der Waals surface area contributed by atoms with Crippen molar-refractivity contribution in [2.24, 2.45) is 0 Å². The van der Waals surface area contributed by atoms with Crippen LogP contribution >= 0.6 is 23.1 Å².